The summed E-state index contributed by atoms with van der Waals surface area (Å²) in [4.78, 5) is 35.2. The Bertz CT molecular complexity index is 1820. The van der Waals surface area contributed by atoms with E-state index >= 15 is 0 Å². The summed E-state index contributed by atoms with van der Waals surface area (Å²) in [6.45, 7) is 14.2. The molecule has 15 heteroatoms. The topological polar surface area (TPSA) is 142 Å². The number of methoxy groups -OCH3 is 1. The maximum atomic E-state index is 13.9. The summed E-state index contributed by atoms with van der Waals surface area (Å²) in [6, 6.07) is 12.8. The van der Waals surface area contributed by atoms with Gasteiger partial charge in [0.05, 0.1) is 45.1 Å². The molecule has 0 saturated heterocycles. The molecule has 1 amide bonds. The molecule has 0 aromatic heterocycles. The van der Waals surface area contributed by atoms with Crippen LogP contribution in [0.4, 0.5) is 11.4 Å². The molecule has 326 valence electrons. The highest BCUT2D eigenvalue weighted by molar-refractivity contribution is 14.1. The van der Waals surface area contributed by atoms with Crippen LogP contribution in [0.5, 0.6) is 0 Å². The van der Waals surface area contributed by atoms with Crippen LogP contribution in [0.15, 0.2) is 80.9 Å². The molecule has 1 aliphatic heterocycles. The molecule has 1 atom stereocenters. The van der Waals surface area contributed by atoms with Crippen molar-refractivity contribution >= 4 is 70.2 Å². The minimum Gasteiger partial charge on any atom is -0.495 e. The first-order chi connectivity index (χ1) is 28.3. The molecule has 2 aliphatic rings. The number of halogens is 1. The van der Waals surface area contributed by atoms with Crippen molar-refractivity contribution in [1.82, 2.24) is 5.32 Å². The highest BCUT2D eigenvalue weighted by Crippen LogP contribution is 2.50. The number of nitrogens with zero attached hydrogens (tertiary/aromatic N) is 1. The van der Waals surface area contributed by atoms with Gasteiger partial charge in [-0.25, -0.2) is 4.89 Å². The van der Waals surface area contributed by atoms with Gasteiger partial charge in [-0.3, -0.25) is 9.59 Å². The number of unbranched alkanes of at least 4 members (excludes halogenated alkanes) is 2. The van der Waals surface area contributed by atoms with E-state index in [4.69, 9.17) is 22.7 Å². The average molecular weight is 969 g/mol. The van der Waals surface area contributed by atoms with E-state index in [-0.39, 0.29) is 29.1 Å². The molecule has 12 nitrogen and oxygen atoms in total. The number of amides is 1. The van der Waals surface area contributed by atoms with E-state index < -0.39 is 6.10 Å². The predicted octanol–water partition coefficient (Wildman–Crippen LogP) is 8.10. The number of rotatable bonds is 27. The van der Waals surface area contributed by atoms with Gasteiger partial charge in [0.1, 0.15) is 18.1 Å². The van der Waals surface area contributed by atoms with Crippen LogP contribution in [-0.4, -0.2) is 83.7 Å². The van der Waals surface area contributed by atoms with Gasteiger partial charge in [0.25, 0.3) is 0 Å². The Morgan fingerprint density at radius 2 is 1.76 bits per heavy atom. The first-order valence-corrected chi connectivity index (χ1v) is 22.7. The summed E-state index contributed by atoms with van der Waals surface area (Å²) in [6.07, 6.45) is 8.47. The summed E-state index contributed by atoms with van der Waals surface area (Å²) < 4.78 is 26.6. The molecule has 1 aliphatic carbocycles. The smallest absolute Gasteiger partial charge is 0.219 e. The molecular weight excluding hydrogens is 906 g/mol. The third kappa shape index (κ3) is 13.5. The quantitative estimate of drug-likeness (QED) is 0.0152. The van der Waals surface area contributed by atoms with E-state index in [2.05, 4.69) is 89.8 Å². The molecule has 4 rings (SSSR count). The van der Waals surface area contributed by atoms with Crippen LogP contribution in [0, 0.1) is 0 Å². The van der Waals surface area contributed by atoms with E-state index in [1.807, 2.05) is 12.2 Å². The monoisotopic (exact) mass is 968 g/mol. The van der Waals surface area contributed by atoms with E-state index in [9.17, 15) is 14.7 Å². The molecule has 0 saturated carbocycles. The number of ketones is 1. The number of anilines is 1. The van der Waals surface area contributed by atoms with Gasteiger partial charge in [-0.1, -0.05) is 33.8 Å². The maximum Gasteiger partial charge on any atom is 0.219 e. The molecule has 2 aromatic rings. The first kappa shape index (κ1) is 49.2. The lowest BCUT2D eigenvalue weighted by Crippen LogP contribution is -2.78. The number of hydrogen-bond donors (Lipinski definition) is 3. The Morgan fingerprint density at radius 1 is 1.03 bits per heavy atom. The van der Waals surface area contributed by atoms with Gasteiger partial charge in [-0.15, -0.1) is 0 Å². The Morgan fingerprint density at radius 3 is 2.46 bits per heavy atom. The van der Waals surface area contributed by atoms with Gasteiger partial charge in [-0.05, 0) is 92.8 Å². The first-order valence-electron chi connectivity index (χ1n) is 20.3. The molecule has 0 bridgehead atoms. The zero-order chi connectivity index (χ0) is 43.0. The highest BCUT2D eigenvalue weighted by Gasteiger charge is 2.42. The Kier molecular flexibility index (Phi) is 20.2. The van der Waals surface area contributed by atoms with Crippen molar-refractivity contribution in [3.8, 4) is 0 Å². The number of Topliss-reactive ketones (excluding diaryl/α,β-unsaturated/α-hetero) is 1. The number of benzene rings is 2. The summed E-state index contributed by atoms with van der Waals surface area (Å²) >= 11 is 4.28. The molecule has 0 fully saturated rings. The van der Waals surface area contributed by atoms with Crippen molar-refractivity contribution in [2.75, 3.05) is 65.7 Å². The molecule has 0 spiro atoms. The Balaban J connectivity index is 1.33. The largest absolute Gasteiger partial charge is 0.495 e. The summed E-state index contributed by atoms with van der Waals surface area (Å²) in [7, 11) is 4.98. The predicted molar refractivity (Wildman–Crippen MR) is 243 cm³/mol. The number of aliphatic hydroxyl groups is 1. The van der Waals surface area contributed by atoms with Gasteiger partial charge < -0.3 is 38.5 Å². The lowest BCUT2D eigenvalue weighted by atomic mass is 9.77. The van der Waals surface area contributed by atoms with Crippen LogP contribution >= 0.6 is 47.1 Å². The highest BCUT2D eigenvalue weighted by atomic mass is 127. The van der Waals surface area contributed by atoms with E-state index in [0.29, 0.717) is 62.3 Å². The normalized spacial score (nSPS) is 16.8. The zero-order valence-electron chi connectivity index (χ0n) is 35.8. The van der Waals surface area contributed by atoms with Crippen molar-refractivity contribution in [3.63, 3.8) is 0 Å². The standard InChI is InChI=1S/C44H62IN3O9S2/c1-9-48-38-18-16-32(59-54-8)27-36(38)44(4,5)39(48)28-34-41(51)33(42(34)52-6)19-21-43(2,3)35-26-31(58-53-7)15-17-37(35)46-22-12-10-11-14-40(50)47-23-13-24-55-25-20-30(49)29-56-57-45/h15-19,26-28,30,46,49H,9-14,20-25,29H2,1-8H3,(H,47,50)/p+1/b33-19+,39-28+. The van der Waals surface area contributed by atoms with Crippen molar-refractivity contribution in [1.29, 1.82) is 0 Å². The van der Waals surface area contributed by atoms with Crippen LogP contribution in [0.2, 0.25) is 0 Å². The number of hydrogen-bond acceptors (Lipinski definition) is 12. The summed E-state index contributed by atoms with van der Waals surface area (Å²) in [5, 5.41) is 15.0. The van der Waals surface area contributed by atoms with Crippen LogP contribution in [-0.2, 0) is 46.4 Å². The van der Waals surface area contributed by atoms with Gasteiger partial charge in [0, 0.05) is 95.0 Å². The van der Waals surface area contributed by atoms with Gasteiger partial charge in [0.15, 0.2) is 28.8 Å². The van der Waals surface area contributed by atoms with Gasteiger partial charge in [0.2, 0.25) is 5.91 Å². The molecule has 2 aromatic carbocycles. The van der Waals surface area contributed by atoms with Crippen molar-refractivity contribution < 1.29 is 46.0 Å². The number of likely N-dealkylation sites (N-methyl/N-ethyl adjacent to an activating group) is 1. The number of allylic oxidation sites excluding steroid dienone is 5. The number of carbonyl (C=O) groups excluding carboxylic acids is 2. The molecule has 59 heavy (non-hydrogen) atoms. The summed E-state index contributed by atoms with van der Waals surface area (Å²) in [5.41, 5.74) is 6.37. The number of carbonyl (C=O) groups is 2. The lowest BCUT2D eigenvalue weighted by molar-refractivity contribution is -0.572. The van der Waals surface area contributed by atoms with Crippen LogP contribution in [0.1, 0.15) is 90.7 Å². The number of quaternary nitrogens is 1. The minimum absolute atomic E-state index is 0.000569. The van der Waals surface area contributed by atoms with Crippen molar-refractivity contribution in [2.45, 2.75) is 106 Å². The van der Waals surface area contributed by atoms with Gasteiger partial charge >= 0.3 is 0 Å². The second-order valence-corrected chi connectivity index (χ2v) is 18.0. The molecule has 1 heterocycles. The number of nitrogens with two attached hydrogens (primary N) is 1. The van der Waals surface area contributed by atoms with Crippen molar-refractivity contribution in [2.24, 2.45) is 0 Å². The second-order valence-electron chi connectivity index (χ2n) is 15.7. The fourth-order valence-electron chi connectivity index (χ4n) is 7.49. The SMILES string of the molecule is CCN1/C(=C/C2=C(OC)C(=C/CC(C)(C)c3cc(SOC)ccc3[NH2+]CCCCCC(=O)NCCCOCCC(O)COOI)/C2=O)C(C)(C)c2cc(SOC)ccc21. The Labute approximate surface area is 373 Å². The number of aliphatic hydroxyl groups excluding tert-OH is 1. The van der Waals surface area contributed by atoms with E-state index in [1.54, 1.807) is 44.3 Å². The van der Waals surface area contributed by atoms with Crippen LogP contribution in [0.25, 0.3) is 0 Å². The summed E-state index contributed by atoms with van der Waals surface area (Å²) in [5.74, 6) is 0.684. The van der Waals surface area contributed by atoms with E-state index in [1.165, 1.54) is 35.2 Å². The van der Waals surface area contributed by atoms with Crippen LogP contribution in [0.3, 0.4) is 0 Å². The number of ether oxygens (including phenoxy) is 2. The fraction of sp³-hybridized carbons (Fsp3) is 0.545. The third-order valence-electron chi connectivity index (χ3n) is 10.7. The Hall–Kier alpha value is -2.45. The maximum absolute atomic E-state index is 13.9. The molecular formula is C44H63IN3O9S2+. The van der Waals surface area contributed by atoms with Crippen LogP contribution < -0.4 is 15.5 Å². The number of fused-ring (bicyclic) bond motifs is 1. The van der Waals surface area contributed by atoms with Crippen molar-refractivity contribution in [3.05, 3.63) is 82.3 Å². The minimum atomic E-state index is -0.635. The molecule has 0 radical (unpaired) electrons. The molecule has 1 unspecified atom stereocenters. The van der Waals surface area contributed by atoms with E-state index in [0.717, 1.165) is 59.2 Å². The average Bonchev–Trinajstić information content (AvgIpc) is 3.42. The number of nitrogens with one attached hydrogen (secondary N) is 1. The lowest BCUT2D eigenvalue weighted by Gasteiger charge is -2.30. The zero-order valence-corrected chi connectivity index (χ0v) is 39.6. The van der Waals surface area contributed by atoms with Gasteiger partial charge in [-0.2, -0.15) is 3.22 Å². The third-order valence-corrected chi connectivity index (χ3v) is 12.2. The second kappa shape index (κ2) is 24.3. The molecule has 4 N–H and O–H groups in total. The fourth-order valence-corrected chi connectivity index (χ4v) is 8.60.